The minimum atomic E-state index is -0.937. The van der Waals surface area contributed by atoms with Gasteiger partial charge in [0.15, 0.2) is 0 Å². The van der Waals surface area contributed by atoms with Crippen molar-refractivity contribution in [3.63, 3.8) is 0 Å². The fourth-order valence-electron chi connectivity index (χ4n) is 3.23. The number of piperidine rings is 1. The summed E-state index contributed by atoms with van der Waals surface area (Å²) in [7, 11) is 1.51. The van der Waals surface area contributed by atoms with Gasteiger partial charge in [-0.2, -0.15) is 0 Å². The largest absolute Gasteiger partial charge is 0.481 e. The second kappa shape index (κ2) is 6.39. The molecule has 1 N–H and O–H groups in total. The molecule has 1 aliphatic carbocycles. The lowest BCUT2D eigenvalue weighted by Gasteiger charge is -2.40. The van der Waals surface area contributed by atoms with Crippen molar-refractivity contribution in [1.82, 2.24) is 4.90 Å². The Balaban J connectivity index is 2.07. The van der Waals surface area contributed by atoms with Gasteiger partial charge >= 0.3 is 5.97 Å². The van der Waals surface area contributed by atoms with Crippen molar-refractivity contribution in [2.45, 2.75) is 32.1 Å². The molecule has 1 heterocycles. The van der Waals surface area contributed by atoms with E-state index >= 15 is 0 Å². The molecule has 1 aliphatic heterocycles. The molecule has 1 amide bonds. The summed E-state index contributed by atoms with van der Waals surface area (Å²) < 4.78 is 5.09. The highest BCUT2D eigenvalue weighted by molar-refractivity contribution is 5.81. The van der Waals surface area contributed by atoms with Gasteiger partial charge in [0.1, 0.15) is 5.41 Å². The lowest BCUT2D eigenvalue weighted by Crippen LogP contribution is -2.53. The van der Waals surface area contributed by atoms with Crippen molar-refractivity contribution < 1.29 is 19.4 Å². The van der Waals surface area contributed by atoms with Gasteiger partial charge in [-0.25, -0.2) is 0 Å². The highest BCUT2D eigenvalue weighted by atomic mass is 16.5. The Morgan fingerprint density at radius 3 is 2.85 bits per heavy atom. The first-order chi connectivity index (χ1) is 9.59. The maximum absolute atomic E-state index is 12.5. The van der Waals surface area contributed by atoms with E-state index in [-0.39, 0.29) is 25.0 Å². The van der Waals surface area contributed by atoms with Crippen LogP contribution >= 0.6 is 0 Å². The summed E-state index contributed by atoms with van der Waals surface area (Å²) in [5.74, 6) is -0.733. The number of carbonyl (C=O) groups is 2. The first kappa shape index (κ1) is 15.0. The van der Waals surface area contributed by atoms with Gasteiger partial charge in [0.2, 0.25) is 5.91 Å². The summed E-state index contributed by atoms with van der Waals surface area (Å²) in [5, 5.41) is 9.50. The van der Waals surface area contributed by atoms with Gasteiger partial charge in [-0.15, -0.1) is 0 Å². The lowest BCUT2D eigenvalue weighted by atomic mass is 9.80. The summed E-state index contributed by atoms with van der Waals surface area (Å²) in [6.07, 6.45) is 8.04. The molecular formula is C15H23NO4. The topological polar surface area (TPSA) is 66.8 Å². The van der Waals surface area contributed by atoms with Gasteiger partial charge in [-0.3, -0.25) is 9.59 Å². The van der Waals surface area contributed by atoms with Crippen LogP contribution in [0.15, 0.2) is 12.2 Å². The number of aliphatic carboxylic acids is 1. The average molecular weight is 281 g/mol. The molecule has 0 bridgehead atoms. The molecule has 20 heavy (non-hydrogen) atoms. The first-order valence-corrected chi connectivity index (χ1v) is 7.25. The van der Waals surface area contributed by atoms with Crippen molar-refractivity contribution in [3.05, 3.63) is 12.2 Å². The number of ether oxygens (including phenoxy) is 1. The molecule has 5 nitrogen and oxygen atoms in total. The molecule has 0 radical (unpaired) electrons. The molecule has 2 aliphatic rings. The molecule has 112 valence electrons. The number of methoxy groups -OCH3 is 1. The minimum Gasteiger partial charge on any atom is -0.481 e. The molecule has 0 aromatic rings. The van der Waals surface area contributed by atoms with E-state index in [9.17, 15) is 14.7 Å². The zero-order valence-corrected chi connectivity index (χ0v) is 12.0. The second-order valence-electron chi connectivity index (χ2n) is 5.86. The van der Waals surface area contributed by atoms with E-state index < -0.39 is 11.4 Å². The second-order valence-corrected chi connectivity index (χ2v) is 5.86. The normalized spacial score (nSPS) is 30.2. The van der Waals surface area contributed by atoms with Crippen LogP contribution in [0.4, 0.5) is 0 Å². The van der Waals surface area contributed by atoms with Crippen molar-refractivity contribution in [2.24, 2.45) is 11.3 Å². The first-order valence-electron chi connectivity index (χ1n) is 7.25. The third kappa shape index (κ3) is 3.03. The number of hydrogen-bond acceptors (Lipinski definition) is 3. The number of likely N-dealkylation sites (tertiary alicyclic amines) is 1. The molecule has 0 aromatic heterocycles. The predicted octanol–water partition coefficient (Wildman–Crippen LogP) is 1.68. The fourth-order valence-corrected chi connectivity index (χ4v) is 3.23. The Kier molecular flexibility index (Phi) is 4.81. The van der Waals surface area contributed by atoms with Crippen molar-refractivity contribution in [3.8, 4) is 0 Å². The molecule has 0 spiro atoms. The summed E-state index contributed by atoms with van der Waals surface area (Å²) >= 11 is 0. The zero-order valence-electron chi connectivity index (χ0n) is 12.0. The average Bonchev–Trinajstić information content (AvgIpc) is 2.48. The third-order valence-electron chi connectivity index (χ3n) is 4.38. The van der Waals surface area contributed by atoms with Gasteiger partial charge < -0.3 is 14.7 Å². The highest BCUT2D eigenvalue weighted by Gasteiger charge is 2.44. The quantitative estimate of drug-likeness (QED) is 0.796. The maximum atomic E-state index is 12.5. The SMILES string of the molecule is COCC1(C(=O)O)CCCN(C(=O)C2CC=CCC2)C1. The highest BCUT2D eigenvalue weighted by Crippen LogP contribution is 2.32. The molecule has 2 atom stereocenters. The Morgan fingerprint density at radius 2 is 2.25 bits per heavy atom. The van der Waals surface area contributed by atoms with Gasteiger partial charge in [0, 0.05) is 26.1 Å². The van der Waals surface area contributed by atoms with E-state index in [1.54, 1.807) is 4.90 Å². The number of allylic oxidation sites excluding steroid dienone is 2. The molecular weight excluding hydrogens is 258 g/mol. The Bertz CT molecular complexity index is 403. The number of rotatable bonds is 4. The third-order valence-corrected chi connectivity index (χ3v) is 4.38. The molecule has 0 aromatic carbocycles. The molecule has 2 rings (SSSR count). The van der Waals surface area contributed by atoms with Crippen LogP contribution in [-0.2, 0) is 14.3 Å². The minimum absolute atomic E-state index is 0.0205. The van der Waals surface area contributed by atoms with Crippen LogP contribution in [0.5, 0.6) is 0 Å². The van der Waals surface area contributed by atoms with Crippen LogP contribution in [0, 0.1) is 11.3 Å². The predicted molar refractivity (Wildman–Crippen MR) is 74.2 cm³/mol. The van der Waals surface area contributed by atoms with Crippen molar-refractivity contribution in [2.75, 3.05) is 26.8 Å². The smallest absolute Gasteiger partial charge is 0.313 e. The summed E-state index contributed by atoms with van der Waals surface area (Å²) in [4.78, 5) is 25.8. The van der Waals surface area contributed by atoms with E-state index in [1.807, 2.05) is 0 Å². The summed E-state index contributed by atoms with van der Waals surface area (Å²) in [5.41, 5.74) is -0.937. The Labute approximate surface area is 119 Å². The lowest BCUT2D eigenvalue weighted by molar-refractivity contribution is -0.160. The number of amides is 1. The zero-order chi connectivity index (χ0) is 14.6. The summed E-state index contributed by atoms with van der Waals surface area (Å²) in [6, 6.07) is 0. The van der Waals surface area contributed by atoms with Crippen LogP contribution in [0.3, 0.4) is 0 Å². The number of carbonyl (C=O) groups excluding carboxylic acids is 1. The van der Waals surface area contributed by atoms with E-state index in [0.29, 0.717) is 13.0 Å². The number of nitrogens with zero attached hydrogens (tertiary/aromatic N) is 1. The number of carboxylic acid groups (broad SMARTS) is 1. The van der Waals surface area contributed by atoms with Gasteiger partial charge in [0.25, 0.3) is 0 Å². The van der Waals surface area contributed by atoms with Crippen LogP contribution in [0.2, 0.25) is 0 Å². The van der Waals surface area contributed by atoms with E-state index in [0.717, 1.165) is 25.7 Å². The van der Waals surface area contributed by atoms with Crippen LogP contribution in [-0.4, -0.2) is 48.7 Å². The standard InChI is InChI=1S/C15H23NO4/c1-20-11-15(14(18)19)8-5-9-16(10-15)13(17)12-6-3-2-4-7-12/h2-3,12H,4-11H2,1H3,(H,18,19). The van der Waals surface area contributed by atoms with Crippen LogP contribution < -0.4 is 0 Å². The Hall–Kier alpha value is -1.36. The van der Waals surface area contributed by atoms with Crippen LogP contribution in [0.1, 0.15) is 32.1 Å². The van der Waals surface area contributed by atoms with Crippen molar-refractivity contribution in [1.29, 1.82) is 0 Å². The molecule has 2 unspecified atom stereocenters. The Morgan fingerprint density at radius 1 is 1.45 bits per heavy atom. The van der Waals surface area contributed by atoms with Crippen LogP contribution in [0.25, 0.3) is 0 Å². The monoisotopic (exact) mass is 281 g/mol. The number of carboxylic acids is 1. The molecule has 5 heteroatoms. The van der Waals surface area contributed by atoms with E-state index in [4.69, 9.17) is 4.74 Å². The van der Waals surface area contributed by atoms with Gasteiger partial charge in [0.05, 0.1) is 6.61 Å². The summed E-state index contributed by atoms with van der Waals surface area (Å²) in [6.45, 7) is 1.10. The van der Waals surface area contributed by atoms with E-state index in [1.165, 1.54) is 7.11 Å². The van der Waals surface area contributed by atoms with Gasteiger partial charge in [-0.1, -0.05) is 12.2 Å². The maximum Gasteiger partial charge on any atom is 0.313 e. The van der Waals surface area contributed by atoms with Gasteiger partial charge in [-0.05, 0) is 32.1 Å². The van der Waals surface area contributed by atoms with Crippen molar-refractivity contribution >= 4 is 11.9 Å². The van der Waals surface area contributed by atoms with E-state index in [2.05, 4.69) is 12.2 Å². The number of hydrogen-bond donors (Lipinski definition) is 1. The molecule has 1 saturated heterocycles. The fraction of sp³-hybridized carbons (Fsp3) is 0.733. The molecule has 1 fully saturated rings. The molecule has 0 saturated carbocycles.